The second-order valence-electron chi connectivity index (χ2n) is 15.4. The van der Waals surface area contributed by atoms with Gasteiger partial charge in [0.15, 0.2) is 11.9 Å². The van der Waals surface area contributed by atoms with E-state index in [0.29, 0.717) is 51.6 Å². The Labute approximate surface area is 375 Å². The minimum Gasteiger partial charge on any atom is -0.480 e. The number of carbonyl (C=O) groups excluding carboxylic acids is 6. The van der Waals surface area contributed by atoms with Gasteiger partial charge in [-0.05, 0) is 95.7 Å². The number of nitrogens with one attached hydrogen (secondary N) is 10. The first-order valence-electron chi connectivity index (χ1n) is 21.9. The molecular formula is C41H73N15O8. The van der Waals surface area contributed by atoms with Crippen LogP contribution in [0.5, 0.6) is 0 Å². The molecular weight excluding hydrogens is 831 g/mol. The van der Waals surface area contributed by atoms with Gasteiger partial charge in [-0.2, -0.15) is 0 Å². The number of benzene rings is 1. The maximum absolute atomic E-state index is 14.1. The highest BCUT2D eigenvalue weighted by Gasteiger charge is 2.32. The van der Waals surface area contributed by atoms with Gasteiger partial charge in [-0.3, -0.25) is 39.6 Å². The number of carboxylic acids is 1. The van der Waals surface area contributed by atoms with E-state index in [9.17, 15) is 38.7 Å². The average Bonchev–Trinajstić information content (AvgIpc) is 3.25. The van der Waals surface area contributed by atoms with Gasteiger partial charge in [0.25, 0.3) is 0 Å². The molecule has 0 aromatic heterocycles. The molecule has 1 rings (SSSR count). The molecule has 0 aliphatic rings. The lowest BCUT2D eigenvalue weighted by Crippen LogP contribution is -2.59. The van der Waals surface area contributed by atoms with E-state index in [4.69, 9.17) is 39.5 Å². The van der Waals surface area contributed by atoms with E-state index in [1.54, 1.807) is 0 Å². The number of rotatable bonds is 34. The van der Waals surface area contributed by atoms with E-state index in [1.165, 1.54) is 0 Å². The molecule has 21 N–H and O–H groups in total. The molecule has 0 aliphatic carbocycles. The molecule has 23 heteroatoms. The summed E-state index contributed by atoms with van der Waals surface area (Å²) in [4.78, 5) is 93.2. The van der Waals surface area contributed by atoms with Crippen LogP contribution in [-0.2, 0) is 40.0 Å². The fraction of sp³-hybridized carbons (Fsp3) is 0.634. The number of carboxylic acid groups (broad SMARTS) is 1. The summed E-state index contributed by atoms with van der Waals surface area (Å²) in [5, 5.41) is 45.6. The van der Waals surface area contributed by atoms with Crippen molar-refractivity contribution < 1.29 is 38.7 Å². The quantitative estimate of drug-likeness (QED) is 0.0188. The van der Waals surface area contributed by atoms with Crippen LogP contribution in [0.3, 0.4) is 0 Å². The molecule has 0 heterocycles. The standard InChI is InChI=1S/C41H73N15O8/c1-2-3-15-32(39(63)64)56-38(62)29(17-8-10-21-43)53-36(60)31(19-12-23-50-41(47)48)55-37(61)30(18-11-22-49-40(45)46)54-35(59)28(16-7-9-20-42)52-33(57)25-51-34(58)27(44)24-26-13-5-4-6-14-26/h4-6,13-14,27-32H,2-3,7-12,15-25,42-44H2,1H3,(H,51,58)(H,52,57)(H,53,60)(H,54,59)(H,55,61)(H,56,62)(H,63,64)(H4,45,46,49)(H4,47,48,50)/t27-,28-,29-,30-,31-,32-/m0/s1. The van der Waals surface area contributed by atoms with Crippen LogP contribution in [0, 0.1) is 10.8 Å². The highest BCUT2D eigenvalue weighted by Crippen LogP contribution is 2.10. The van der Waals surface area contributed by atoms with E-state index in [2.05, 4.69) is 42.5 Å². The maximum atomic E-state index is 14.1. The lowest BCUT2D eigenvalue weighted by atomic mass is 10.0. The van der Waals surface area contributed by atoms with Gasteiger partial charge in [-0.1, -0.05) is 50.1 Å². The molecule has 0 unspecified atom stereocenters. The van der Waals surface area contributed by atoms with Crippen molar-refractivity contribution in [2.45, 2.75) is 133 Å². The second kappa shape index (κ2) is 32.6. The zero-order valence-corrected chi connectivity index (χ0v) is 37.0. The summed E-state index contributed by atoms with van der Waals surface area (Å²) in [5.74, 6) is -6.16. The van der Waals surface area contributed by atoms with Crippen molar-refractivity contribution in [1.82, 2.24) is 42.5 Å². The van der Waals surface area contributed by atoms with Gasteiger partial charge in [-0.25, -0.2) is 4.79 Å². The first-order valence-corrected chi connectivity index (χ1v) is 21.9. The van der Waals surface area contributed by atoms with Crippen molar-refractivity contribution in [2.75, 3.05) is 32.7 Å². The molecule has 23 nitrogen and oxygen atoms in total. The Bertz CT molecular complexity index is 1640. The number of unbranched alkanes of at least 4 members (excludes halogenated alkanes) is 3. The van der Waals surface area contributed by atoms with Crippen LogP contribution < -0.4 is 71.2 Å². The Hall–Kier alpha value is -6.07. The van der Waals surface area contributed by atoms with Crippen LogP contribution in [0.1, 0.15) is 96.0 Å². The molecule has 6 amide bonds. The minimum atomic E-state index is -1.30. The third kappa shape index (κ3) is 24.5. The molecule has 0 bridgehead atoms. The summed E-state index contributed by atoms with van der Waals surface area (Å²) in [5.41, 5.74) is 29.1. The monoisotopic (exact) mass is 904 g/mol. The Kier molecular flexibility index (Phi) is 28.5. The fourth-order valence-corrected chi connectivity index (χ4v) is 6.38. The predicted octanol–water partition coefficient (Wildman–Crippen LogP) is -2.84. The van der Waals surface area contributed by atoms with Gasteiger partial charge >= 0.3 is 5.97 Å². The summed E-state index contributed by atoms with van der Waals surface area (Å²) < 4.78 is 0. The number of amides is 6. The van der Waals surface area contributed by atoms with Gasteiger partial charge in [0.05, 0.1) is 12.6 Å². The van der Waals surface area contributed by atoms with Crippen LogP contribution >= 0.6 is 0 Å². The van der Waals surface area contributed by atoms with Gasteiger partial charge in [-0.15, -0.1) is 0 Å². The van der Waals surface area contributed by atoms with Gasteiger partial charge < -0.3 is 76.3 Å². The molecule has 64 heavy (non-hydrogen) atoms. The molecule has 0 saturated heterocycles. The number of aliphatic carboxylic acids is 1. The van der Waals surface area contributed by atoms with E-state index in [0.717, 1.165) is 5.56 Å². The van der Waals surface area contributed by atoms with Gasteiger partial charge in [0.1, 0.15) is 30.2 Å². The summed E-state index contributed by atoms with van der Waals surface area (Å²) in [7, 11) is 0. The highest BCUT2D eigenvalue weighted by molar-refractivity contribution is 5.96. The third-order valence-corrected chi connectivity index (χ3v) is 9.93. The van der Waals surface area contributed by atoms with E-state index < -0.39 is 84.2 Å². The van der Waals surface area contributed by atoms with Crippen LogP contribution in [0.4, 0.5) is 0 Å². The molecule has 1 aromatic carbocycles. The zero-order chi connectivity index (χ0) is 47.9. The highest BCUT2D eigenvalue weighted by atomic mass is 16.4. The number of nitrogens with two attached hydrogens (primary N) is 5. The summed E-state index contributed by atoms with van der Waals surface area (Å²) in [6, 6.07) is 2.01. The molecule has 0 aliphatic heterocycles. The van der Waals surface area contributed by atoms with Crippen molar-refractivity contribution in [1.29, 1.82) is 10.8 Å². The average molecular weight is 904 g/mol. The second-order valence-corrected chi connectivity index (χ2v) is 15.4. The van der Waals surface area contributed by atoms with E-state index >= 15 is 0 Å². The van der Waals surface area contributed by atoms with Crippen molar-refractivity contribution in [3.63, 3.8) is 0 Å². The lowest BCUT2D eigenvalue weighted by Gasteiger charge is -2.27. The maximum Gasteiger partial charge on any atom is 0.326 e. The summed E-state index contributed by atoms with van der Waals surface area (Å²) in [6.45, 7) is 2.31. The summed E-state index contributed by atoms with van der Waals surface area (Å²) >= 11 is 0. The molecule has 0 fully saturated rings. The molecule has 6 atom stereocenters. The number of hydrogen-bond donors (Lipinski definition) is 16. The van der Waals surface area contributed by atoms with Crippen molar-refractivity contribution in [3.05, 3.63) is 35.9 Å². The van der Waals surface area contributed by atoms with Crippen LogP contribution in [0.25, 0.3) is 0 Å². The summed E-state index contributed by atoms with van der Waals surface area (Å²) in [6.07, 6.45) is 4.14. The molecule has 0 saturated carbocycles. The lowest BCUT2D eigenvalue weighted by molar-refractivity contribution is -0.142. The van der Waals surface area contributed by atoms with E-state index in [1.807, 2.05) is 37.3 Å². The first-order chi connectivity index (χ1) is 30.5. The zero-order valence-electron chi connectivity index (χ0n) is 37.0. The topological polar surface area (TPSA) is 414 Å². The largest absolute Gasteiger partial charge is 0.480 e. The Morgan fingerprint density at radius 2 is 0.969 bits per heavy atom. The normalized spacial score (nSPS) is 13.6. The van der Waals surface area contributed by atoms with Gasteiger partial charge in [0.2, 0.25) is 35.4 Å². The fourth-order valence-electron chi connectivity index (χ4n) is 6.38. The molecule has 0 spiro atoms. The predicted molar refractivity (Wildman–Crippen MR) is 242 cm³/mol. The Morgan fingerprint density at radius 3 is 1.38 bits per heavy atom. The number of guanidine groups is 2. The van der Waals surface area contributed by atoms with Gasteiger partial charge in [0, 0.05) is 13.1 Å². The Balaban J connectivity index is 3.34. The van der Waals surface area contributed by atoms with Crippen molar-refractivity contribution in [2.24, 2.45) is 28.7 Å². The van der Waals surface area contributed by atoms with Crippen LogP contribution in [-0.4, -0.2) is 127 Å². The molecule has 1 aromatic rings. The molecule has 360 valence electrons. The minimum absolute atomic E-state index is 0.0185. The Morgan fingerprint density at radius 1 is 0.562 bits per heavy atom. The smallest absolute Gasteiger partial charge is 0.326 e. The van der Waals surface area contributed by atoms with Crippen LogP contribution in [0.15, 0.2) is 30.3 Å². The van der Waals surface area contributed by atoms with Crippen molar-refractivity contribution in [3.8, 4) is 0 Å². The first kappa shape index (κ1) is 55.9. The van der Waals surface area contributed by atoms with Crippen molar-refractivity contribution >= 4 is 53.3 Å². The number of carbonyl (C=O) groups is 7. The molecule has 0 radical (unpaired) electrons. The van der Waals surface area contributed by atoms with Crippen LogP contribution in [0.2, 0.25) is 0 Å². The SMILES string of the molecule is CCCC[C@H](NC(=O)[C@H](CCCCN)NC(=O)[C@H](CCCNC(=N)N)NC(=O)[C@H](CCCNC(=N)N)NC(=O)[C@H](CCCCN)NC(=O)CNC(=O)[C@@H](N)Cc1ccccc1)C(=O)O. The number of hydrogen-bond acceptors (Lipinski definition) is 12. The van der Waals surface area contributed by atoms with E-state index in [-0.39, 0.29) is 76.4 Å². The third-order valence-electron chi connectivity index (χ3n) is 9.93.